The number of hydrogen-bond donors (Lipinski definition) is 2. The first kappa shape index (κ1) is 17.5. The van der Waals surface area contributed by atoms with Gasteiger partial charge in [-0.2, -0.15) is 0 Å². The van der Waals surface area contributed by atoms with Gasteiger partial charge in [-0.1, -0.05) is 6.07 Å². The number of carbonyl (C=O) groups excluding carboxylic acids is 1. The average Bonchev–Trinajstić information content (AvgIpc) is 3.29. The Morgan fingerprint density at radius 3 is 2.93 bits per heavy atom. The van der Waals surface area contributed by atoms with E-state index in [4.69, 9.17) is 4.74 Å². The Hall–Kier alpha value is -2.86. The summed E-state index contributed by atoms with van der Waals surface area (Å²) >= 11 is 0. The monoisotopic (exact) mass is 365 g/mol. The molecule has 1 atom stereocenters. The van der Waals surface area contributed by atoms with Crippen LogP contribution in [0.4, 0.5) is 5.69 Å². The summed E-state index contributed by atoms with van der Waals surface area (Å²) in [5.41, 5.74) is 3.03. The number of rotatable bonds is 4. The molecule has 6 heteroatoms. The summed E-state index contributed by atoms with van der Waals surface area (Å²) in [6.45, 7) is 4.91. The van der Waals surface area contributed by atoms with Gasteiger partial charge < -0.3 is 19.6 Å². The first-order valence-electron chi connectivity index (χ1n) is 9.24. The molecule has 0 spiro atoms. The zero-order valence-corrected chi connectivity index (χ0v) is 15.5. The molecule has 0 bridgehead atoms. The molecule has 6 nitrogen and oxygen atoms in total. The fourth-order valence-electron chi connectivity index (χ4n) is 3.74. The summed E-state index contributed by atoms with van der Waals surface area (Å²) in [5, 5.41) is 3.93. The van der Waals surface area contributed by atoms with Gasteiger partial charge in [0, 0.05) is 29.7 Å². The van der Waals surface area contributed by atoms with Gasteiger partial charge in [0.05, 0.1) is 12.6 Å². The second-order valence-electron chi connectivity index (χ2n) is 7.13. The van der Waals surface area contributed by atoms with E-state index in [0.29, 0.717) is 17.8 Å². The maximum atomic E-state index is 13.0. The molecule has 0 saturated carbocycles. The van der Waals surface area contributed by atoms with Crippen molar-refractivity contribution < 1.29 is 9.53 Å². The van der Waals surface area contributed by atoms with Crippen molar-refractivity contribution >= 4 is 22.5 Å². The van der Waals surface area contributed by atoms with Crippen molar-refractivity contribution in [1.82, 2.24) is 9.55 Å². The highest BCUT2D eigenvalue weighted by atomic mass is 16.5. The molecule has 1 aliphatic heterocycles. The van der Waals surface area contributed by atoms with Crippen molar-refractivity contribution in [2.75, 3.05) is 11.9 Å². The van der Waals surface area contributed by atoms with E-state index < -0.39 is 0 Å². The number of fused-ring (bicyclic) bond motifs is 1. The van der Waals surface area contributed by atoms with Gasteiger partial charge in [0.1, 0.15) is 5.56 Å². The van der Waals surface area contributed by atoms with Crippen LogP contribution >= 0.6 is 0 Å². The number of carbonyl (C=O) groups is 1. The highest BCUT2D eigenvalue weighted by molar-refractivity contribution is 6.05. The third kappa shape index (κ3) is 3.40. The predicted octanol–water partition coefficient (Wildman–Crippen LogP) is 3.38. The summed E-state index contributed by atoms with van der Waals surface area (Å²) in [7, 11) is 0. The minimum atomic E-state index is -0.385. The number of benzene rings is 1. The number of hydrogen-bond acceptors (Lipinski definition) is 3. The van der Waals surface area contributed by atoms with Crippen LogP contribution in [0, 0.1) is 13.8 Å². The number of ether oxygens (including phenoxy) is 1. The fraction of sp³-hybridized carbons (Fsp3) is 0.333. The lowest BCUT2D eigenvalue weighted by atomic mass is 10.1. The van der Waals surface area contributed by atoms with Crippen molar-refractivity contribution in [2.45, 2.75) is 39.3 Å². The molecule has 0 aliphatic carbocycles. The molecule has 1 amide bonds. The van der Waals surface area contributed by atoms with E-state index in [1.54, 1.807) is 11.5 Å². The topological polar surface area (TPSA) is 76.1 Å². The third-order valence-electron chi connectivity index (χ3n) is 5.15. The normalized spacial score (nSPS) is 16.7. The molecule has 1 saturated heterocycles. The van der Waals surface area contributed by atoms with E-state index in [9.17, 15) is 9.59 Å². The van der Waals surface area contributed by atoms with E-state index >= 15 is 0 Å². The van der Waals surface area contributed by atoms with Crippen molar-refractivity contribution in [3.8, 4) is 0 Å². The summed E-state index contributed by atoms with van der Waals surface area (Å²) in [5.74, 6) is -0.385. The van der Waals surface area contributed by atoms with Gasteiger partial charge in [0.25, 0.3) is 11.5 Å². The van der Waals surface area contributed by atoms with Gasteiger partial charge in [0.2, 0.25) is 0 Å². The van der Waals surface area contributed by atoms with Crippen LogP contribution in [0.1, 0.15) is 34.5 Å². The highest BCUT2D eigenvalue weighted by Gasteiger charge is 2.22. The maximum absolute atomic E-state index is 13.0. The first-order valence-corrected chi connectivity index (χ1v) is 9.24. The molecule has 2 aromatic heterocycles. The van der Waals surface area contributed by atoms with Crippen LogP contribution in [0.15, 0.2) is 41.3 Å². The van der Waals surface area contributed by atoms with E-state index in [2.05, 4.69) is 10.3 Å². The van der Waals surface area contributed by atoms with Crippen molar-refractivity contribution in [3.63, 3.8) is 0 Å². The molecule has 0 radical (unpaired) electrons. The lowest BCUT2D eigenvalue weighted by Gasteiger charge is -2.17. The maximum Gasteiger partial charge on any atom is 0.263 e. The predicted molar refractivity (Wildman–Crippen MR) is 105 cm³/mol. The number of aromatic amines is 1. The van der Waals surface area contributed by atoms with Crippen LogP contribution in [-0.4, -0.2) is 28.2 Å². The number of aryl methyl sites for hydroxylation is 2. The number of H-pyrrole nitrogens is 1. The number of pyridine rings is 1. The Morgan fingerprint density at radius 2 is 2.15 bits per heavy atom. The van der Waals surface area contributed by atoms with Gasteiger partial charge in [-0.3, -0.25) is 9.59 Å². The van der Waals surface area contributed by atoms with E-state index in [-0.39, 0.29) is 23.1 Å². The largest absolute Gasteiger partial charge is 0.376 e. The molecular formula is C21H23N3O3. The van der Waals surface area contributed by atoms with Gasteiger partial charge in [-0.25, -0.2) is 0 Å². The van der Waals surface area contributed by atoms with Gasteiger partial charge in [-0.15, -0.1) is 0 Å². The molecular weight excluding hydrogens is 342 g/mol. The number of anilines is 1. The Kier molecular flexibility index (Phi) is 4.58. The van der Waals surface area contributed by atoms with Gasteiger partial charge in [-0.05, 0) is 61.9 Å². The molecule has 2 N–H and O–H groups in total. The Labute approximate surface area is 157 Å². The Morgan fingerprint density at radius 1 is 1.30 bits per heavy atom. The summed E-state index contributed by atoms with van der Waals surface area (Å²) < 4.78 is 7.32. The lowest BCUT2D eigenvalue weighted by Crippen LogP contribution is -2.34. The van der Waals surface area contributed by atoms with Crippen molar-refractivity contribution in [3.05, 3.63) is 63.7 Å². The molecule has 1 aromatic carbocycles. The zero-order chi connectivity index (χ0) is 19.0. The molecule has 3 aromatic rings. The standard InChI is InChI=1S/C21H23N3O3/c1-13-10-14(2)24(12-17-4-3-9-27-17)21(26)19(13)20(25)23-16-6-5-15-7-8-22-18(15)11-16/h5-8,10-11,17,22H,3-4,9,12H2,1-2H3,(H,23,25)/t17-/m0/s1. The van der Waals surface area contributed by atoms with E-state index in [1.807, 2.05) is 43.5 Å². The molecule has 27 heavy (non-hydrogen) atoms. The van der Waals surface area contributed by atoms with Gasteiger partial charge in [0.15, 0.2) is 0 Å². The first-order chi connectivity index (χ1) is 13.0. The number of nitrogens with one attached hydrogen (secondary N) is 2. The minimum absolute atomic E-state index is 0.0373. The average molecular weight is 365 g/mol. The molecule has 0 unspecified atom stereocenters. The van der Waals surface area contributed by atoms with Gasteiger partial charge >= 0.3 is 0 Å². The molecule has 140 valence electrons. The molecule has 3 heterocycles. The van der Waals surface area contributed by atoms with Crippen LogP contribution in [0.3, 0.4) is 0 Å². The number of amides is 1. The quantitative estimate of drug-likeness (QED) is 0.744. The van der Waals surface area contributed by atoms with Crippen LogP contribution in [0.25, 0.3) is 10.9 Å². The second-order valence-corrected chi connectivity index (χ2v) is 7.13. The zero-order valence-electron chi connectivity index (χ0n) is 15.5. The Balaban J connectivity index is 1.64. The number of nitrogens with zero attached hydrogens (tertiary/aromatic N) is 1. The Bertz CT molecular complexity index is 1060. The SMILES string of the molecule is Cc1cc(C)n(C[C@@H]2CCCO2)c(=O)c1C(=O)Nc1ccc2cc[nH]c2c1. The lowest BCUT2D eigenvalue weighted by molar-refractivity contribution is 0.0947. The second kappa shape index (κ2) is 7.04. The smallest absolute Gasteiger partial charge is 0.263 e. The molecule has 4 rings (SSSR count). The fourth-order valence-corrected chi connectivity index (χ4v) is 3.74. The molecule has 1 fully saturated rings. The van der Waals surface area contributed by atoms with Crippen LogP contribution in [-0.2, 0) is 11.3 Å². The van der Waals surface area contributed by atoms with Crippen molar-refractivity contribution in [2.24, 2.45) is 0 Å². The van der Waals surface area contributed by atoms with Crippen LogP contribution in [0.5, 0.6) is 0 Å². The number of aromatic nitrogens is 2. The van der Waals surface area contributed by atoms with Crippen LogP contribution < -0.4 is 10.9 Å². The minimum Gasteiger partial charge on any atom is -0.376 e. The molecule has 1 aliphatic rings. The highest BCUT2D eigenvalue weighted by Crippen LogP contribution is 2.19. The van der Waals surface area contributed by atoms with E-state index in [1.165, 1.54) is 0 Å². The summed E-state index contributed by atoms with van der Waals surface area (Å²) in [4.78, 5) is 29.0. The van der Waals surface area contributed by atoms with E-state index in [0.717, 1.165) is 36.0 Å². The summed E-state index contributed by atoms with van der Waals surface area (Å²) in [6.07, 6.45) is 3.84. The van der Waals surface area contributed by atoms with Crippen LogP contribution in [0.2, 0.25) is 0 Å². The van der Waals surface area contributed by atoms with Crippen molar-refractivity contribution in [1.29, 1.82) is 0 Å². The third-order valence-corrected chi connectivity index (χ3v) is 5.15. The summed E-state index contributed by atoms with van der Waals surface area (Å²) in [6, 6.07) is 9.48.